The number of nitrogens with one attached hydrogen (secondary N) is 1. The lowest BCUT2D eigenvalue weighted by Crippen LogP contribution is -2.61. The molecule has 2 aromatic rings. The summed E-state index contributed by atoms with van der Waals surface area (Å²) in [7, 11) is 3.40. The molecule has 0 unspecified atom stereocenters. The fraction of sp³-hybridized carbons (Fsp3) is 0.462. The molecule has 7 nitrogen and oxygen atoms in total. The van der Waals surface area contributed by atoms with Crippen LogP contribution in [0.2, 0.25) is 15.1 Å². The zero-order valence-corrected chi connectivity index (χ0v) is 24.4. The Morgan fingerprint density at radius 3 is 2.27 bits per heavy atom. The Hall–Kier alpha value is -1.68. The molecule has 0 radical (unpaired) electrons. The Morgan fingerprint density at radius 2 is 1.68 bits per heavy atom. The highest BCUT2D eigenvalue weighted by Gasteiger charge is 2.41. The summed E-state index contributed by atoms with van der Waals surface area (Å²) in [5.74, 6) is -0.482. The third kappa shape index (κ3) is 6.49. The lowest BCUT2D eigenvalue weighted by atomic mass is 9.92. The van der Waals surface area contributed by atoms with Crippen molar-refractivity contribution < 1.29 is 14.7 Å². The van der Waals surface area contributed by atoms with Gasteiger partial charge in [-0.2, -0.15) is 13.5 Å². The number of hydrogen-bond donors (Lipinski definition) is 2. The zero-order valence-electron chi connectivity index (χ0n) is 21.1. The molecule has 2 amide bonds. The molecule has 4 rings (SSSR count). The molecular weight excluding hydrogens is 555 g/mol. The molecule has 0 bridgehead atoms. The third-order valence-corrected chi connectivity index (χ3v) is 7.90. The van der Waals surface area contributed by atoms with E-state index in [1.807, 2.05) is 6.07 Å². The molecule has 2 aliphatic heterocycles. The highest BCUT2D eigenvalue weighted by atomic mass is 35.5. The predicted molar refractivity (Wildman–Crippen MR) is 154 cm³/mol. The molecule has 1 atom stereocenters. The number of amides is 2. The van der Waals surface area contributed by atoms with E-state index in [4.69, 9.17) is 34.8 Å². The second kappa shape index (κ2) is 12.0. The first-order valence-corrected chi connectivity index (χ1v) is 13.1. The van der Waals surface area contributed by atoms with Crippen LogP contribution in [0.4, 0.5) is 5.69 Å². The van der Waals surface area contributed by atoms with Crippen LogP contribution in [0.3, 0.4) is 0 Å². The standard InChI is InChI=1S/C26H31Cl3N4O3.H2S/c1-26(36,21-12-16(27)4-7-22(21)28)25(35)32-10-8-19(9-11-32)33-14-18(15-33)30-17-5-6-20(23(29)13-17)24(34)31(2)3;/h4-7,12-13,18-19,30,36H,8-11,14-15H2,1-3H3;1H2/t26-;/m0./s1. The minimum atomic E-state index is -1.74. The van der Waals surface area contributed by atoms with Crippen molar-refractivity contribution in [3.8, 4) is 0 Å². The molecule has 0 spiro atoms. The van der Waals surface area contributed by atoms with Crippen LogP contribution in [-0.4, -0.2) is 84.0 Å². The van der Waals surface area contributed by atoms with Gasteiger partial charge < -0.3 is 20.2 Å². The fourth-order valence-corrected chi connectivity index (χ4v) is 5.62. The maximum atomic E-state index is 13.1. The van der Waals surface area contributed by atoms with Crippen molar-refractivity contribution in [2.45, 2.75) is 37.5 Å². The average Bonchev–Trinajstić information content (AvgIpc) is 2.82. The average molecular weight is 588 g/mol. The van der Waals surface area contributed by atoms with Gasteiger partial charge in [0.15, 0.2) is 5.60 Å². The quantitative estimate of drug-likeness (QED) is 0.522. The summed E-state index contributed by atoms with van der Waals surface area (Å²) in [5, 5.41) is 15.7. The number of halogens is 3. The molecule has 202 valence electrons. The van der Waals surface area contributed by atoms with Crippen molar-refractivity contribution >= 4 is 65.8 Å². The van der Waals surface area contributed by atoms with Gasteiger partial charge in [-0.1, -0.05) is 34.8 Å². The molecule has 0 saturated carbocycles. The van der Waals surface area contributed by atoms with Gasteiger partial charge in [-0.3, -0.25) is 14.5 Å². The number of piperidine rings is 1. The molecule has 0 aliphatic carbocycles. The lowest BCUT2D eigenvalue weighted by Gasteiger charge is -2.48. The van der Waals surface area contributed by atoms with Gasteiger partial charge >= 0.3 is 0 Å². The Bertz CT molecular complexity index is 1150. The summed E-state index contributed by atoms with van der Waals surface area (Å²) in [6.07, 6.45) is 1.68. The molecule has 0 aromatic heterocycles. The minimum Gasteiger partial charge on any atom is -0.380 e. The Morgan fingerprint density at radius 1 is 1.03 bits per heavy atom. The van der Waals surface area contributed by atoms with Gasteiger partial charge in [-0.15, -0.1) is 0 Å². The number of hydrogen-bond acceptors (Lipinski definition) is 5. The first-order valence-electron chi connectivity index (χ1n) is 12.0. The Kier molecular flexibility index (Phi) is 9.70. The van der Waals surface area contributed by atoms with Gasteiger partial charge in [0.25, 0.3) is 11.8 Å². The number of carbonyl (C=O) groups is 2. The molecule has 2 fully saturated rings. The van der Waals surface area contributed by atoms with Crippen LogP contribution in [0.15, 0.2) is 36.4 Å². The van der Waals surface area contributed by atoms with E-state index in [0.717, 1.165) is 31.6 Å². The van der Waals surface area contributed by atoms with E-state index in [-0.39, 0.29) is 25.3 Å². The van der Waals surface area contributed by atoms with E-state index in [0.29, 0.717) is 51.4 Å². The van der Waals surface area contributed by atoms with Crippen molar-refractivity contribution in [2.75, 3.05) is 45.6 Å². The van der Waals surface area contributed by atoms with E-state index in [9.17, 15) is 14.7 Å². The Balaban J connectivity index is 0.00000380. The van der Waals surface area contributed by atoms with E-state index < -0.39 is 5.60 Å². The SMILES string of the molecule is CN(C)C(=O)c1ccc(NC2CN(C3CCN(C(=O)[C@@](C)(O)c4cc(Cl)ccc4Cl)CC3)C2)cc1Cl.S. The number of nitrogens with zero attached hydrogens (tertiary/aromatic N) is 3. The molecule has 2 saturated heterocycles. The summed E-state index contributed by atoms with van der Waals surface area (Å²) in [4.78, 5) is 30.9. The molecule has 11 heteroatoms. The van der Waals surface area contributed by atoms with Crippen LogP contribution in [0.25, 0.3) is 0 Å². The number of benzene rings is 2. The zero-order chi connectivity index (χ0) is 26.2. The van der Waals surface area contributed by atoms with Crippen LogP contribution < -0.4 is 5.32 Å². The van der Waals surface area contributed by atoms with E-state index in [2.05, 4.69) is 10.2 Å². The minimum absolute atomic E-state index is 0. The number of anilines is 1. The second-order valence-corrected chi connectivity index (χ2v) is 11.2. The van der Waals surface area contributed by atoms with Gasteiger partial charge in [0.2, 0.25) is 0 Å². The van der Waals surface area contributed by atoms with Crippen molar-refractivity contribution in [3.05, 3.63) is 62.6 Å². The van der Waals surface area contributed by atoms with E-state index >= 15 is 0 Å². The summed E-state index contributed by atoms with van der Waals surface area (Å²) in [6.45, 7) is 4.40. The largest absolute Gasteiger partial charge is 0.380 e. The fourth-order valence-electron chi connectivity index (χ4n) is 4.88. The molecule has 2 heterocycles. The van der Waals surface area contributed by atoms with Gasteiger partial charge in [0.1, 0.15) is 0 Å². The maximum Gasteiger partial charge on any atom is 0.258 e. The van der Waals surface area contributed by atoms with Crippen molar-refractivity contribution in [3.63, 3.8) is 0 Å². The second-order valence-electron chi connectivity index (χ2n) is 9.91. The molecule has 2 aliphatic rings. The molecule has 2 N–H and O–H groups in total. The topological polar surface area (TPSA) is 76.1 Å². The van der Waals surface area contributed by atoms with Crippen LogP contribution >= 0.6 is 48.3 Å². The first kappa shape index (κ1) is 29.9. The summed E-state index contributed by atoms with van der Waals surface area (Å²) in [6, 6.07) is 10.9. The highest BCUT2D eigenvalue weighted by molar-refractivity contribution is 7.59. The molecule has 37 heavy (non-hydrogen) atoms. The van der Waals surface area contributed by atoms with Gasteiger partial charge in [0.05, 0.1) is 16.6 Å². The summed E-state index contributed by atoms with van der Waals surface area (Å²) >= 11 is 18.6. The van der Waals surface area contributed by atoms with Gasteiger partial charge in [-0.25, -0.2) is 0 Å². The van der Waals surface area contributed by atoms with Crippen LogP contribution in [0.5, 0.6) is 0 Å². The third-order valence-electron chi connectivity index (χ3n) is 7.02. The number of aliphatic hydroxyl groups is 1. The van der Waals surface area contributed by atoms with E-state index in [1.165, 1.54) is 11.8 Å². The van der Waals surface area contributed by atoms with Crippen molar-refractivity contribution in [2.24, 2.45) is 0 Å². The smallest absolute Gasteiger partial charge is 0.258 e. The molecule has 2 aromatic carbocycles. The predicted octanol–water partition coefficient (Wildman–Crippen LogP) is 4.46. The maximum absolute atomic E-state index is 13.1. The van der Waals surface area contributed by atoms with Gasteiger partial charge in [-0.05, 0) is 56.2 Å². The van der Waals surface area contributed by atoms with E-state index in [1.54, 1.807) is 49.3 Å². The monoisotopic (exact) mass is 586 g/mol. The van der Waals surface area contributed by atoms with Crippen LogP contribution in [0, 0.1) is 0 Å². The number of carbonyl (C=O) groups excluding carboxylic acids is 2. The highest BCUT2D eigenvalue weighted by Crippen LogP contribution is 2.33. The summed E-state index contributed by atoms with van der Waals surface area (Å²) < 4.78 is 0. The van der Waals surface area contributed by atoms with Gasteiger partial charge in [0, 0.05) is 67.6 Å². The first-order chi connectivity index (χ1) is 17.0. The van der Waals surface area contributed by atoms with Crippen LogP contribution in [-0.2, 0) is 10.4 Å². The number of likely N-dealkylation sites (tertiary alicyclic amines) is 2. The molecular formula is C26H33Cl3N4O3S. The van der Waals surface area contributed by atoms with Crippen molar-refractivity contribution in [1.29, 1.82) is 0 Å². The van der Waals surface area contributed by atoms with Crippen LogP contribution in [0.1, 0.15) is 35.7 Å². The van der Waals surface area contributed by atoms with Crippen molar-refractivity contribution in [1.82, 2.24) is 14.7 Å². The number of rotatable bonds is 6. The normalized spacial score (nSPS) is 18.4. The Labute approximate surface area is 240 Å². The summed E-state index contributed by atoms with van der Waals surface area (Å²) in [5.41, 5.74) is -0.0449. The lowest BCUT2D eigenvalue weighted by molar-refractivity contribution is -0.152.